The Morgan fingerprint density at radius 1 is 0.826 bits per heavy atom. The third-order valence-corrected chi connectivity index (χ3v) is 4.02. The fraction of sp³-hybridized carbons (Fsp3) is 0.250. The van der Waals surface area contributed by atoms with Gasteiger partial charge in [-0.3, -0.25) is 0 Å². The second kappa shape index (κ2) is 7.25. The van der Waals surface area contributed by atoms with Crippen LogP contribution in [0.5, 0.6) is 0 Å². The number of carbonyl (C=O) groups excluding carboxylic acids is 1. The van der Waals surface area contributed by atoms with E-state index in [-0.39, 0.29) is 5.97 Å². The maximum Gasteiger partial charge on any atom is 0.338 e. The summed E-state index contributed by atoms with van der Waals surface area (Å²) in [6.07, 6.45) is 2.83. The highest BCUT2D eigenvalue weighted by atomic mass is 16.5. The smallest absolute Gasteiger partial charge is 0.338 e. The Morgan fingerprint density at radius 2 is 1.52 bits per heavy atom. The molecule has 3 nitrogen and oxygen atoms in total. The number of esters is 1. The fourth-order valence-electron chi connectivity index (χ4n) is 2.74. The molecule has 0 heterocycles. The minimum Gasteiger partial charge on any atom is -0.462 e. The number of rotatable bonds is 6. The van der Waals surface area contributed by atoms with Crippen molar-refractivity contribution in [3.63, 3.8) is 0 Å². The molecule has 3 heteroatoms. The third kappa shape index (κ3) is 3.69. The molecule has 0 fully saturated rings. The summed E-state index contributed by atoms with van der Waals surface area (Å²) in [5.41, 5.74) is 6.05. The average Bonchev–Trinajstić information content (AvgIpc) is 2.59. The summed E-state index contributed by atoms with van der Waals surface area (Å²) in [5.74, 6) is -0.257. The molecule has 0 spiro atoms. The molecule has 118 valence electrons. The normalized spacial score (nSPS) is 11.0. The highest BCUT2D eigenvalue weighted by Crippen LogP contribution is 2.24. The molecule has 0 unspecified atom stereocenters. The lowest BCUT2D eigenvalue weighted by Gasteiger charge is -2.07. The number of ether oxygens (including phenoxy) is 1. The second-order valence-corrected chi connectivity index (χ2v) is 5.75. The molecule has 0 aliphatic rings. The second-order valence-electron chi connectivity index (χ2n) is 5.75. The first-order valence-electron chi connectivity index (χ1n) is 8.08. The quantitative estimate of drug-likeness (QED) is 0.420. The van der Waals surface area contributed by atoms with E-state index < -0.39 is 0 Å². The fourth-order valence-corrected chi connectivity index (χ4v) is 2.74. The van der Waals surface area contributed by atoms with Crippen LogP contribution in [0.15, 0.2) is 54.6 Å². The van der Waals surface area contributed by atoms with Crippen LogP contribution in [0.3, 0.4) is 0 Å². The Bertz CT molecular complexity index is 826. The summed E-state index contributed by atoms with van der Waals surface area (Å²) in [6, 6.07) is 18.2. The van der Waals surface area contributed by atoms with Crippen LogP contribution in [-0.2, 0) is 4.74 Å². The van der Waals surface area contributed by atoms with Crippen LogP contribution < -0.4 is 5.73 Å². The summed E-state index contributed by atoms with van der Waals surface area (Å²) in [4.78, 5) is 12.1. The zero-order chi connectivity index (χ0) is 16.1. The van der Waals surface area contributed by atoms with Crippen molar-refractivity contribution in [1.29, 1.82) is 0 Å². The molecule has 3 aromatic carbocycles. The van der Waals surface area contributed by atoms with E-state index in [0.29, 0.717) is 18.7 Å². The topological polar surface area (TPSA) is 52.3 Å². The van der Waals surface area contributed by atoms with Crippen LogP contribution >= 0.6 is 0 Å². The van der Waals surface area contributed by atoms with Gasteiger partial charge in [0.1, 0.15) is 0 Å². The van der Waals surface area contributed by atoms with Gasteiger partial charge in [0, 0.05) is 0 Å². The minimum atomic E-state index is -0.257. The summed E-state index contributed by atoms with van der Waals surface area (Å²) in [7, 11) is 0. The van der Waals surface area contributed by atoms with Gasteiger partial charge in [-0.2, -0.15) is 0 Å². The van der Waals surface area contributed by atoms with Gasteiger partial charge in [0.25, 0.3) is 0 Å². The number of hydrogen-bond acceptors (Lipinski definition) is 3. The molecule has 3 rings (SSSR count). The van der Waals surface area contributed by atoms with Crippen molar-refractivity contribution < 1.29 is 9.53 Å². The summed E-state index contributed by atoms with van der Waals surface area (Å²) < 4.78 is 5.33. The van der Waals surface area contributed by atoms with Gasteiger partial charge in [-0.25, -0.2) is 4.79 Å². The zero-order valence-electron chi connectivity index (χ0n) is 13.1. The lowest BCUT2D eigenvalue weighted by Crippen LogP contribution is -2.07. The standard InChI is InChI=1S/C20H21NO2/c21-10-4-1-5-11-23-20(22)18-9-8-17-12-15-6-2-3-7-16(15)13-19(17)14-18/h2-3,6-9,12-14H,1,4-5,10-11,21H2. The SMILES string of the molecule is NCCCCCOC(=O)c1ccc2cc3ccccc3cc2c1. The lowest BCUT2D eigenvalue weighted by atomic mass is 10.0. The Hall–Kier alpha value is -2.39. The average molecular weight is 307 g/mol. The molecule has 2 N–H and O–H groups in total. The summed E-state index contributed by atoms with van der Waals surface area (Å²) >= 11 is 0. The maximum absolute atomic E-state index is 12.1. The third-order valence-electron chi connectivity index (χ3n) is 4.02. The number of benzene rings is 3. The molecule has 0 saturated heterocycles. The molecule has 0 aliphatic heterocycles. The molecule has 0 bridgehead atoms. The van der Waals surface area contributed by atoms with Crippen molar-refractivity contribution in [3.8, 4) is 0 Å². The van der Waals surface area contributed by atoms with E-state index in [1.54, 1.807) is 0 Å². The summed E-state index contributed by atoms with van der Waals surface area (Å²) in [5, 5.41) is 4.56. The van der Waals surface area contributed by atoms with E-state index in [4.69, 9.17) is 10.5 Å². The van der Waals surface area contributed by atoms with Crippen molar-refractivity contribution in [2.24, 2.45) is 5.73 Å². The molecule has 0 radical (unpaired) electrons. The van der Waals surface area contributed by atoms with E-state index in [1.165, 1.54) is 10.8 Å². The number of carbonyl (C=O) groups is 1. The number of nitrogens with two attached hydrogens (primary N) is 1. The number of unbranched alkanes of at least 4 members (excludes halogenated alkanes) is 2. The van der Waals surface area contributed by atoms with Gasteiger partial charge in [-0.05, 0) is 71.6 Å². The van der Waals surface area contributed by atoms with Crippen molar-refractivity contribution in [2.75, 3.05) is 13.2 Å². The molecule has 0 aromatic heterocycles. The van der Waals surface area contributed by atoms with Crippen LogP contribution in [-0.4, -0.2) is 19.1 Å². The molecule has 23 heavy (non-hydrogen) atoms. The van der Waals surface area contributed by atoms with Gasteiger partial charge >= 0.3 is 5.97 Å². The van der Waals surface area contributed by atoms with Gasteiger partial charge in [0.05, 0.1) is 12.2 Å². The van der Waals surface area contributed by atoms with Gasteiger partial charge in [-0.1, -0.05) is 30.3 Å². The predicted molar refractivity (Wildman–Crippen MR) is 94.6 cm³/mol. The largest absolute Gasteiger partial charge is 0.462 e. The Balaban J connectivity index is 1.76. The van der Waals surface area contributed by atoms with Crippen LogP contribution in [0.25, 0.3) is 21.5 Å². The first-order valence-corrected chi connectivity index (χ1v) is 8.08. The van der Waals surface area contributed by atoms with E-state index in [2.05, 4.69) is 24.3 Å². The number of fused-ring (bicyclic) bond motifs is 2. The molecule has 0 atom stereocenters. The molecule has 0 saturated carbocycles. The molecule has 3 aromatic rings. The van der Waals surface area contributed by atoms with Crippen LogP contribution in [0.4, 0.5) is 0 Å². The van der Waals surface area contributed by atoms with Crippen molar-refractivity contribution >= 4 is 27.5 Å². The van der Waals surface area contributed by atoms with E-state index in [1.807, 2.05) is 30.3 Å². The van der Waals surface area contributed by atoms with E-state index >= 15 is 0 Å². The van der Waals surface area contributed by atoms with Gasteiger partial charge in [0.2, 0.25) is 0 Å². The maximum atomic E-state index is 12.1. The van der Waals surface area contributed by atoms with Crippen molar-refractivity contribution in [2.45, 2.75) is 19.3 Å². The predicted octanol–water partition coefficient (Wildman–Crippen LogP) is 4.28. The highest BCUT2D eigenvalue weighted by Gasteiger charge is 2.08. The Labute approximate surface area is 136 Å². The molecular weight excluding hydrogens is 286 g/mol. The first kappa shape index (κ1) is 15.5. The zero-order valence-corrected chi connectivity index (χ0v) is 13.1. The van der Waals surface area contributed by atoms with Crippen molar-refractivity contribution in [1.82, 2.24) is 0 Å². The number of hydrogen-bond donors (Lipinski definition) is 1. The van der Waals surface area contributed by atoms with Crippen molar-refractivity contribution in [3.05, 3.63) is 60.2 Å². The van der Waals surface area contributed by atoms with Crippen LogP contribution in [0.1, 0.15) is 29.6 Å². The Morgan fingerprint density at radius 3 is 2.26 bits per heavy atom. The molecule has 0 aliphatic carbocycles. The molecular formula is C20H21NO2. The lowest BCUT2D eigenvalue weighted by molar-refractivity contribution is 0.0498. The first-order chi connectivity index (χ1) is 11.3. The van der Waals surface area contributed by atoms with E-state index in [9.17, 15) is 4.79 Å². The monoisotopic (exact) mass is 307 g/mol. The van der Waals surface area contributed by atoms with E-state index in [0.717, 1.165) is 30.0 Å². The van der Waals surface area contributed by atoms with Crippen LogP contribution in [0, 0.1) is 0 Å². The van der Waals surface area contributed by atoms with Gasteiger partial charge in [0.15, 0.2) is 0 Å². The van der Waals surface area contributed by atoms with Gasteiger partial charge < -0.3 is 10.5 Å². The molecule has 0 amide bonds. The van der Waals surface area contributed by atoms with Gasteiger partial charge in [-0.15, -0.1) is 0 Å². The summed E-state index contributed by atoms with van der Waals surface area (Å²) in [6.45, 7) is 1.14. The minimum absolute atomic E-state index is 0.257. The Kier molecular flexibility index (Phi) is 4.89. The highest BCUT2D eigenvalue weighted by molar-refractivity contribution is 6.01. The van der Waals surface area contributed by atoms with Crippen LogP contribution in [0.2, 0.25) is 0 Å².